The van der Waals surface area contributed by atoms with Gasteiger partial charge in [0.05, 0.1) is 20.6 Å². The molecular formula is C8H18ClNO. The zero-order valence-corrected chi connectivity index (χ0v) is 8.30. The Bertz CT molecular complexity index is 113. The molecule has 0 heterocycles. The first-order valence-corrected chi connectivity index (χ1v) is 3.59. The Kier molecular flexibility index (Phi) is 6.87. The Balaban J connectivity index is 0. The SMILES string of the molecule is C=CC[N+](C)(C)CC(C)O.[Cl-]. The van der Waals surface area contributed by atoms with E-state index in [1.807, 2.05) is 13.0 Å². The molecule has 3 heteroatoms. The third-order valence-corrected chi connectivity index (χ3v) is 1.38. The van der Waals surface area contributed by atoms with Gasteiger partial charge in [-0.3, -0.25) is 0 Å². The van der Waals surface area contributed by atoms with Gasteiger partial charge in [-0.25, -0.2) is 0 Å². The van der Waals surface area contributed by atoms with Crippen LogP contribution in [0.2, 0.25) is 0 Å². The monoisotopic (exact) mass is 179 g/mol. The molecule has 0 radical (unpaired) electrons. The first-order chi connectivity index (χ1) is 4.48. The maximum atomic E-state index is 9.06. The average molecular weight is 180 g/mol. The predicted octanol–water partition coefficient (Wildman–Crippen LogP) is -2.37. The van der Waals surface area contributed by atoms with Gasteiger partial charge in [0, 0.05) is 0 Å². The van der Waals surface area contributed by atoms with Crippen LogP contribution in [0.5, 0.6) is 0 Å². The molecule has 68 valence electrons. The molecule has 0 saturated heterocycles. The van der Waals surface area contributed by atoms with Crippen molar-refractivity contribution in [1.82, 2.24) is 0 Å². The highest BCUT2D eigenvalue weighted by molar-refractivity contribution is 4.64. The van der Waals surface area contributed by atoms with Crippen molar-refractivity contribution in [1.29, 1.82) is 0 Å². The van der Waals surface area contributed by atoms with Crippen LogP contribution >= 0.6 is 0 Å². The van der Waals surface area contributed by atoms with Crippen LogP contribution < -0.4 is 12.4 Å². The normalized spacial score (nSPS) is 13.5. The number of hydrogen-bond donors (Lipinski definition) is 1. The number of quaternary nitrogens is 1. The number of aliphatic hydroxyl groups is 1. The van der Waals surface area contributed by atoms with Crippen LogP contribution in [0.25, 0.3) is 0 Å². The van der Waals surface area contributed by atoms with E-state index in [1.54, 1.807) is 0 Å². The number of aliphatic hydroxyl groups excluding tert-OH is 1. The van der Waals surface area contributed by atoms with Crippen LogP contribution in [-0.2, 0) is 0 Å². The van der Waals surface area contributed by atoms with E-state index < -0.39 is 0 Å². The standard InChI is InChI=1S/C8H18NO.ClH/c1-5-6-9(3,4)7-8(2)10;/h5,8,10H,1,6-7H2,2-4H3;1H/q+1;/p-1. The third kappa shape index (κ3) is 7.85. The van der Waals surface area contributed by atoms with E-state index >= 15 is 0 Å². The first-order valence-electron chi connectivity index (χ1n) is 3.59. The van der Waals surface area contributed by atoms with Gasteiger partial charge in [0.25, 0.3) is 0 Å². The highest BCUT2D eigenvalue weighted by Crippen LogP contribution is 1.98. The van der Waals surface area contributed by atoms with Gasteiger partial charge in [0.15, 0.2) is 0 Å². The molecule has 0 aromatic carbocycles. The molecular weight excluding hydrogens is 162 g/mol. The lowest BCUT2D eigenvalue weighted by molar-refractivity contribution is -0.887. The quantitative estimate of drug-likeness (QED) is 0.378. The molecule has 0 aliphatic carbocycles. The molecule has 11 heavy (non-hydrogen) atoms. The molecule has 1 unspecified atom stereocenters. The van der Waals surface area contributed by atoms with Crippen molar-refractivity contribution in [2.45, 2.75) is 13.0 Å². The summed E-state index contributed by atoms with van der Waals surface area (Å²) in [5.74, 6) is 0. The number of rotatable bonds is 4. The fourth-order valence-electron chi connectivity index (χ4n) is 1.14. The van der Waals surface area contributed by atoms with Crippen molar-refractivity contribution in [2.75, 3.05) is 27.2 Å². The van der Waals surface area contributed by atoms with Crippen molar-refractivity contribution >= 4 is 0 Å². The molecule has 0 aromatic rings. The second-order valence-electron chi connectivity index (χ2n) is 3.44. The maximum Gasteiger partial charge on any atom is 0.105 e. The molecule has 0 aromatic heterocycles. The minimum atomic E-state index is -0.227. The number of halogens is 1. The highest BCUT2D eigenvalue weighted by atomic mass is 35.5. The van der Waals surface area contributed by atoms with E-state index in [0.29, 0.717) is 0 Å². The van der Waals surface area contributed by atoms with E-state index in [4.69, 9.17) is 5.11 Å². The molecule has 2 nitrogen and oxygen atoms in total. The molecule has 1 atom stereocenters. The molecule has 0 bridgehead atoms. The highest BCUT2D eigenvalue weighted by Gasteiger charge is 2.14. The zero-order chi connectivity index (χ0) is 8.20. The van der Waals surface area contributed by atoms with Gasteiger partial charge in [-0.15, -0.1) is 0 Å². The Hall–Kier alpha value is -0.0500. The van der Waals surface area contributed by atoms with Gasteiger partial charge in [0.2, 0.25) is 0 Å². The molecule has 0 aliphatic rings. The molecule has 0 fully saturated rings. The van der Waals surface area contributed by atoms with Crippen LogP contribution in [0.15, 0.2) is 12.7 Å². The lowest BCUT2D eigenvalue weighted by atomic mass is 10.3. The van der Waals surface area contributed by atoms with Gasteiger partial charge in [-0.05, 0) is 13.0 Å². The van der Waals surface area contributed by atoms with Gasteiger partial charge in [0.1, 0.15) is 12.6 Å². The van der Waals surface area contributed by atoms with E-state index in [-0.39, 0.29) is 18.5 Å². The van der Waals surface area contributed by atoms with Crippen molar-refractivity contribution in [2.24, 2.45) is 0 Å². The summed E-state index contributed by atoms with van der Waals surface area (Å²) >= 11 is 0. The fourth-order valence-corrected chi connectivity index (χ4v) is 1.14. The summed E-state index contributed by atoms with van der Waals surface area (Å²) < 4.78 is 0.807. The van der Waals surface area contributed by atoms with E-state index in [1.165, 1.54) is 0 Å². The number of hydrogen-bond acceptors (Lipinski definition) is 1. The smallest absolute Gasteiger partial charge is 0.105 e. The average Bonchev–Trinajstić information content (AvgIpc) is 1.59. The lowest BCUT2D eigenvalue weighted by Gasteiger charge is -2.29. The summed E-state index contributed by atoms with van der Waals surface area (Å²) in [6.45, 7) is 7.16. The van der Waals surface area contributed by atoms with Gasteiger partial charge in [-0.1, -0.05) is 6.58 Å². The molecule has 0 rings (SSSR count). The van der Waals surface area contributed by atoms with Crippen molar-refractivity contribution in [3.63, 3.8) is 0 Å². The Morgan fingerprint density at radius 2 is 2.00 bits per heavy atom. The minimum absolute atomic E-state index is 0. The van der Waals surface area contributed by atoms with E-state index in [9.17, 15) is 0 Å². The summed E-state index contributed by atoms with van der Waals surface area (Å²) in [4.78, 5) is 0. The van der Waals surface area contributed by atoms with Crippen LogP contribution in [0.1, 0.15) is 6.92 Å². The van der Waals surface area contributed by atoms with Crippen molar-refractivity contribution in [3.05, 3.63) is 12.7 Å². The van der Waals surface area contributed by atoms with Crippen molar-refractivity contribution in [3.8, 4) is 0 Å². The first kappa shape index (κ1) is 13.5. The van der Waals surface area contributed by atoms with Crippen LogP contribution in [0.3, 0.4) is 0 Å². The topological polar surface area (TPSA) is 20.2 Å². The minimum Gasteiger partial charge on any atom is -1.00 e. The van der Waals surface area contributed by atoms with Crippen LogP contribution in [0, 0.1) is 0 Å². The Morgan fingerprint density at radius 3 is 2.27 bits per heavy atom. The van der Waals surface area contributed by atoms with E-state index in [2.05, 4.69) is 20.7 Å². The van der Waals surface area contributed by atoms with Crippen molar-refractivity contribution < 1.29 is 22.0 Å². The fraction of sp³-hybridized carbons (Fsp3) is 0.750. The summed E-state index contributed by atoms with van der Waals surface area (Å²) in [5.41, 5.74) is 0. The summed E-state index contributed by atoms with van der Waals surface area (Å²) in [5, 5.41) is 9.06. The molecule has 1 N–H and O–H groups in total. The predicted molar refractivity (Wildman–Crippen MR) is 43.7 cm³/mol. The summed E-state index contributed by atoms with van der Waals surface area (Å²) in [7, 11) is 4.16. The molecule has 0 amide bonds. The molecule has 0 saturated carbocycles. The summed E-state index contributed by atoms with van der Waals surface area (Å²) in [6, 6.07) is 0. The molecule has 0 aliphatic heterocycles. The van der Waals surface area contributed by atoms with Gasteiger partial charge < -0.3 is 22.0 Å². The Labute approximate surface area is 75.5 Å². The molecule has 0 spiro atoms. The Morgan fingerprint density at radius 1 is 1.55 bits per heavy atom. The van der Waals surface area contributed by atoms with Gasteiger partial charge >= 0.3 is 0 Å². The maximum absolute atomic E-state index is 9.06. The van der Waals surface area contributed by atoms with Gasteiger partial charge in [-0.2, -0.15) is 0 Å². The van der Waals surface area contributed by atoms with Crippen LogP contribution in [-0.4, -0.2) is 42.9 Å². The largest absolute Gasteiger partial charge is 1.00 e. The lowest BCUT2D eigenvalue weighted by Crippen LogP contribution is -3.00. The number of nitrogens with zero attached hydrogens (tertiary/aromatic N) is 1. The number of likely N-dealkylation sites (N-methyl/N-ethyl adjacent to an activating group) is 1. The third-order valence-electron chi connectivity index (χ3n) is 1.38. The summed E-state index contributed by atoms with van der Waals surface area (Å²) in [6.07, 6.45) is 1.65. The second-order valence-corrected chi connectivity index (χ2v) is 3.44. The zero-order valence-electron chi connectivity index (χ0n) is 7.55. The van der Waals surface area contributed by atoms with Crippen LogP contribution in [0.4, 0.5) is 0 Å². The van der Waals surface area contributed by atoms with E-state index in [0.717, 1.165) is 17.6 Å². The second kappa shape index (κ2) is 5.58.